The number of nitrogens with zero attached hydrogens (tertiary/aromatic N) is 4. The van der Waals surface area contributed by atoms with Crippen molar-refractivity contribution in [2.24, 2.45) is 10.9 Å². The molecule has 3 aliphatic heterocycles. The summed E-state index contributed by atoms with van der Waals surface area (Å²) >= 11 is 0. The highest BCUT2D eigenvalue weighted by Gasteiger charge is 2.31. The summed E-state index contributed by atoms with van der Waals surface area (Å²) in [6, 6.07) is 0.741. The van der Waals surface area contributed by atoms with E-state index < -0.39 is 0 Å². The molecule has 26 heavy (non-hydrogen) atoms. The van der Waals surface area contributed by atoms with Crippen LogP contribution in [0.25, 0.3) is 0 Å². The standard InChI is InChI=1S/C19H37N5O.HI/c1-20-19(24-12-7-18(16-24)23-8-3-4-9-23)21-15-17-5-10-22(11-6-17)13-14-25-2;/h17-18H,3-16H2,1-2H3,(H,20,21);1H. The molecule has 0 saturated carbocycles. The van der Waals surface area contributed by atoms with Gasteiger partial charge in [-0.2, -0.15) is 0 Å². The molecular weight excluding hydrogens is 441 g/mol. The SMILES string of the molecule is CN=C(NCC1CCN(CCOC)CC1)N1CCC(N2CCCC2)C1.I. The Morgan fingerprint density at radius 1 is 1.08 bits per heavy atom. The highest BCUT2D eigenvalue weighted by molar-refractivity contribution is 14.0. The smallest absolute Gasteiger partial charge is 0.193 e. The van der Waals surface area contributed by atoms with Gasteiger partial charge in [0.2, 0.25) is 0 Å². The van der Waals surface area contributed by atoms with Crippen LogP contribution >= 0.6 is 24.0 Å². The molecule has 0 bridgehead atoms. The maximum atomic E-state index is 5.19. The monoisotopic (exact) mass is 479 g/mol. The summed E-state index contributed by atoms with van der Waals surface area (Å²) in [6.45, 7) is 10.3. The van der Waals surface area contributed by atoms with Crippen LogP contribution in [0.3, 0.4) is 0 Å². The van der Waals surface area contributed by atoms with Gasteiger partial charge >= 0.3 is 0 Å². The Kier molecular flexibility index (Phi) is 9.94. The van der Waals surface area contributed by atoms with E-state index in [0.29, 0.717) is 0 Å². The molecule has 3 heterocycles. The Bertz CT molecular complexity index is 422. The molecule has 3 fully saturated rings. The molecule has 1 unspecified atom stereocenters. The molecule has 0 aromatic rings. The van der Waals surface area contributed by atoms with Gasteiger partial charge in [-0.25, -0.2) is 0 Å². The van der Waals surface area contributed by atoms with Crippen molar-refractivity contribution in [2.75, 3.05) is 73.1 Å². The van der Waals surface area contributed by atoms with Crippen LogP contribution in [0.5, 0.6) is 0 Å². The van der Waals surface area contributed by atoms with Crippen molar-refractivity contribution >= 4 is 29.9 Å². The fraction of sp³-hybridized carbons (Fsp3) is 0.947. The lowest BCUT2D eigenvalue weighted by Gasteiger charge is -2.32. The lowest BCUT2D eigenvalue weighted by Crippen LogP contribution is -2.45. The quantitative estimate of drug-likeness (QED) is 0.357. The third-order valence-corrected chi connectivity index (χ3v) is 6.20. The Labute approximate surface area is 176 Å². The number of nitrogens with one attached hydrogen (secondary N) is 1. The van der Waals surface area contributed by atoms with E-state index >= 15 is 0 Å². The van der Waals surface area contributed by atoms with Crippen LogP contribution < -0.4 is 5.32 Å². The van der Waals surface area contributed by atoms with Crippen molar-refractivity contribution in [3.63, 3.8) is 0 Å². The van der Waals surface area contributed by atoms with Gasteiger partial charge < -0.3 is 19.9 Å². The van der Waals surface area contributed by atoms with Crippen LogP contribution in [0.1, 0.15) is 32.1 Å². The molecule has 0 amide bonds. The molecule has 3 rings (SSSR count). The zero-order valence-corrected chi connectivity index (χ0v) is 19.0. The van der Waals surface area contributed by atoms with E-state index in [1.165, 1.54) is 58.3 Å². The van der Waals surface area contributed by atoms with Gasteiger partial charge in [-0.1, -0.05) is 0 Å². The normalized spacial score (nSPS) is 26.3. The Balaban J connectivity index is 0.00000243. The summed E-state index contributed by atoms with van der Waals surface area (Å²) in [7, 11) is 3.72. The average molecular weight is 479 g/mol. The van der Waals surface area contributed by atoms with E-state index in [4.69, 9.17) is 4.74 Å². The van der Waals surface area contributed by atoms with Gasteiger partial charge in [-0.15, -0.1) is 24.0 Å². The first-order chi connectivity index (χ1) is 12.3. The van der Waals surface area contributed by atoms with Crippen LogP contribution in [0.2, 0.25) is 0 Å². The minimum Gasteiger partial charge on any atom is -0.383 e. The highest BCUT2D eigenvalue weighted by atomic mass is 127. The van der Waals surface area contributed by atoms with Crippen LogP contribution in [-0.4, -0.2) is 99.8 Å². The number of hydrogen-bond donors (Lipinski definition) is 1. The van der Waals surface area contributed by atoms with E-state index in [1.54, 1.807) is 7.11 Å². The maximum Gasteiger partial charge on any atom is 0.193 e. The van der Waals surface area contributed by atoms with Crippen molar-refractivity contribution in [1.29, 1.82) is 0 Å². The number of likely N-dealkylation sites (tertiary alicyclic amines) is 3. The second-order valence-electron chi connectivity index (χ2n) is 7.84. The van der Waals surface area contributed by atoms with Crippen molar-refractivity contribution < 1.29 is 4.74 Å². The molecule has 0 aromatic heterocycles. The van der Waals surface area contributed by atoms with Crippen molar-refractivity contribution in [3.05, 3.63) is 0 Å². The molecule has 3 aliphatic rings. The third-order valence-electron chi connectivity index (χ3n) is 6.20. The molecule has 1 atom stereocenters. The van der Waals surface area contributed by atoms with Gasteiger partial charge in [0.1, 0.15) is 0 Å². The van der Waals surface area contributed by atoms with E-state index in [1.807, 2.05) is 7.05 Å². The molecule has 0 aromatic carbocycles. The number of halogens is 1. The zero-order chi connectivity index (χ0) is 17.5. The van der Waals surface area contributed by atoms with Crippen LogP contribution in [0, 0.1) is 5.92 Å². The fourth-order valence-corrected chi connectivity index (χ4v) is 4.54. The van der Waals surface area contributed by atoms with E-state index in [2.05, 4.69) is 25.0 Å². The second-order valence-corrected chi connectivity index (χ2v) is 7.84. The molecule has 3 saturated heterocycles. The summed E-state index contributed by atoms with van der Waals surface area (Å²) < 4.78 is 5.19. The van der Waals surface area contributed by atoms with Crippen LogP contribution in [-0.2, 0) is 4.74 Å². The van der Waals surface area contributed by atoms with E-state index in [9.17, 15) is 0 Å². The topological polar surface area (TPSA) is 43.3 Å². The predicted molar refractivity (Wildman–Crippen MR) is 119 cm³/mol. The summed E-state index contributed by atoms with van der Waals surface area (Å²) in [5.74, 6) is 1.89. The minimum atomic E-state index is 0. The first kappa shape index (κ1) is 22.2. The van der Waals surface area contributed by atoms with Gasteiger partial charge in [0, 0.05) is 46.4 Å². The summed E-state index contributed by atoms with van der Waals surface area (Å²) in [4.78, 5) is 12.2. The Morgan fingerprint density at radius 3 is 2.46 bits per heavy atom. The van der Waals surface area contributed by atoms with Gasteiger partial charge in [0.15, 0.2) is 5.96 Å². The fourth-order valence-electron chi connectivity index (χ4n) is 4.54. The first-order valence-corrected chi connectivity index (χ1v) is 10.2. The van der Waals surface area contributed by atoms with Gasteiger partial charge in [0.25, 0.3) is 0 Å². The number of ether oxygens (including phenoxy) is 1. The Morgan fingerprint density at radius 2 is 1.81 bits per heavy atom. The maximum absolute atomic E-state index is 5.19. The second kappa shape index (κ2) is 11.7. The molecule has 0 spiro atoms. The number of methoxy groups -OCH3 is 1. The highest BCUT2D eigenvalue weighted by Crippen LogP contribution is 2.21. The summed E-state index contributed by atoms with van der Waals surface area (Å²) in [6.07, 6.45) is 6.62. The number of rotatable bonds is 6. The average Bonchev–Trinajstić information content (AvgIpc) is 3.33. The molecule has 152 valence electrons. The number of piperidine rings is 1. The van der Waals surface area contributed by atoms with E-state index in [0.717, 1.165) is 50.7 Å². The molecular formula is C19H38IN5O. The number of aliphatic imine (C=N–C) groups is 1. The molecule has 1 N–H and O–H groups in total. The predicted octanol–water partition coefficient (Wildman–Crippen LogP) is 1.71. The van der Waals surface area contributed by atoms with Gasteiger partial charge in [-0.05, 0) is 64.2 Å². The lowest BCUT2D eigenvalue weighted by atomic mass is 9.97. The third kappa shape index (κ3) is 6.21. The lowest BCUT2D eigenvalue weighted by molar-refractivity contribution is 0.120. The van der Waals surface area contributed by atoms with Crippen LogP contribution in [0.4, 0.5) is 0 Å². The van der Waals surface area contributed by atoms with Crippen molar-refractivity contribution in [2.45, 2.75) is 38.1 Å². The first-order valence-electron chi connectivity index (χ1n) is 10.2. The summed E-state index contributed by atoms with van der Waals surface area (Å²) in [5.41, 5.74) is 0. The Hall–Kier alpha value is -0.120. The molecule has 6 nitrogen and oxygen atoms in total. The van der Waals surface area contributed by atoms with Crippen molar-refractivity contribution in [3.8, 4) is 0 Å². The molecule has 0 radical (unpaired) electrons. The number of hydrogen-bond acceptors (Lipinski definition) is 4. The summed E-state index contributed by atoms with van der Waals surface area (Å²) in [5, 5.41) is 3.66. The van der Waals surface area contributed by atoms with Gasteiger partial charge in [-0.3, -0.25) is 9.89 Å². The minimum absolute atomic E-state index is 0. The van der Waals surface area contributed by atoms with Crippen LogP contribution in [0.15, 0.2) is 4.99 Å². The largest absolute Gasteiger partial charge is 0.383 e. The number of guanidine groups is 1. The molecule has 7 heteroatoms. The van der Waals surface area contributed by atoms with Gasteiger partial charge in [0.05, 0.1) is 6.61 Å². The molecule has 0 aliphatic carbocycles. The zero-order valence-electron chi connectivity index (χ0n) is 16.7. The van der Waals surface area contributed by atoms with Crippen molar-refractivity contribution in [1.82, 2.24) is 20.0 Å². The van der Waals surface area contributed by atoms with E-state index in [-0.39, 0.29) is 24.0 Å².